The lowest BCUT2D eigenvalue weighted by Crippen LogP contribution is -2.45. The van der Waals surface area contributed by atoms with E-state index in [2.05, 4.69) is 15.2 Å². The predicted octanol–water partition coefficient (Wildman–Crippen LogP) is 2.64. The molecule has 1 heterocycles. The van der Waals surface area contributed by atoms with E-state index in [-0.39, 0.29) is 24.0 Å². The first-order valence-corrected chi connectivity index (χ1v) is 12.0. The molecule has 0 unspecified atom stereocenters. The molecule has 1 aromatic carbocycles. The molecule has 0 radical (unpaired) electrons. The standard InChI is InChI=1S/C21H34N4O3S.HI/c1-22-21(24(2)14-15-28-17-19-8-9-19)23-16-18-10-12-25(13-11-18)29(26,27)20-6-4-3-5-7-20;/h3-7,18-19H,8-17H2,1-2H3,(H,22,23);1H. The fourth-order valence-corrected chi connectivity index (χ4v) is 5.05. The van der Waals surface area contributed by atoms with Crippen molar-refractivity contribution < 1.29 is 13.2 Å². The van der Waals surface area contributed by atoms with Gasteiger partial charge in [0.1, 0.15) is 0 Å². The minimum Gasteiger partial charge on any atom is -0.379 e. The van der Waals surface area contributed by atoms with Crippen molar-refractivity contribution >= 4 is 40.0 Å². The van der Waals surface area contributed by atoms with Crippen molar-refractivity contribution in [3.8, 4) is 0 Å². The van der Waals surface area contributed by atoms with Gasteiger partial charge < -0.3 is 15.0 Å². The van der Waals surface area contributed by atoms with E-state index in [4.69, 9.17) is 4.74 Å². The Hall–Kier alpha value is -0.910. The van der Waals surface area contributed by atoms with Crippen LogP contribution in [0.4, 0.5) is 0 Å². The summed E-state index contributed by atoms with van der Waals surface area (Å²) in [5, 5.41) is 3.44. The molecule has 0 amide bonds. The van der Waals surface area contributed by atoms with Gasteiger partial charge in [0.15, 0.2) is 5.96 Å². The minimum atomic E-state index is -3.38. The van der Waals surface area contributed by atoms with Crippen molar-refractivity contribution in [2.45, 2.75) is 30.6 Å². The second-order valence-electron chi connectivity index (χ2n) is 8.03. The monoisotopic (exact) mass is 550 g/mol. The van der Waals surface area contributed by atoms with E-state index < -0.39 is 10.0 Å². The van der Waals surface area contributed by atoms with Crippen molar-refractivity contribution in [3.05, 3.63) is 30.3 Å². The van der Waals surface area contributed by atoms with Gasteiger partial charge in [-0.2, -0.15) is 4.31 Å². The van der Waals surface area contributed by atoms with Crippen LogP contribution in [0.5, 0.6) is 0 Å². The van der Waals surface area contributed by atoms with Gasteiger partial charge >= 0.3 is 0 Å². The molecule has 30 heavy (non-hydrogen) atoms. The van der Waals surface area contributed by atoms with Crippen LogP contribution in [0.3, 0.4) is 0 Å². The number of hydrogen-bond donors (Lipinski definition) is 1. The summed E-state index contributed by atoms with van der Waals surface area (Å²) in [7, 11) is 0.427. The number of aliphatic imine (C=N–C) groups is 1. The highest BCUT2D eigenvalue weighted by Crippen LogP contribution is 2.28. The first kappa shape index (κ1) is 25.4. The lowest BCUT2D eigenvalue weighted by molar-refractivity contribution is 0.115. The highest BCUT2D eigenvalue weighted by molar-refractivity contribution is 14.0. The summed E-state index contributed by atoms with van der Waals surface area (Å²) in [5.41, 5.74) is 0. The molecule has 9 heteroatoms. The quantitative estimate of drug-likeness (QED) is 0.222. The van der Waals surface area contributed by atoms with Crippen LogP contribution < -0.4 is 5.32 Å². The lowest BCUT2D eigenvalue weighted by Gasteiger charge is -2.32. The van der Waals surface area contributed by atoms with Crippen LogP contribution in [0.15, 0.2) is 40.2 Å². The first-order valence-electron chi connectivity index (χ1n) is 10.6. The number of piperidine rings is 1. The van der Waals surface area contributed by atoms with Gasteiger partial charge in [0.25, 0.3) is 0 Å². The number of sulfonamides is 1. The Morgan fingerprint density at radius 2 is 1.83 bits per heavy atom. The molecule has 3 rings (SSSR count). The highest BCUT2D eigenvalue weighted by Gasteiger charge is 2.29. The molecular weight excluding hydrogens is 515 g/mol. The van der Waals surface area contributed by atoms with E-state index in [9.17, 15) is 8.42 Å². The molecule has 1 saturated carbocycles. The van der Waals surface area contributed by atoms with Gasteiger partial charge in [0.05, 0.1) is 11.5 Å². The topological polar surface area (TPSA) is 74.2 Å². The summed E-state index contributed by atoms with van der Waals surface area (Å²) in [6.45, 7) is 4.33. The molecule has 1 N–H and O–H groups in total. The van der Waals surface area contributed by atoms with Crippen molar-refractivity contribution in [2.24, 2.45) is 16.8 Å². The molecule has 2 fully saturated rings. The van der Waals surface area contributed by atoms with Gasteiger partial charge in [0, 0.05) is 46.9 Å². The van der Waals surface area contributed by atoms with Crippen LogP contribution in [0, 0.1) is 11.8 Å². The summed E-state index contributed by atoms with van der Waals surface area (Å²) in [4.78, 5) is 6.82. The van der Waals surface area contributed by atoms with Gasteiger partial charge in [-0.15, -0.1) is 24.0 Å². The third-order valence-electron chi connectivity index (χ3n) is 5.70. The van der Waals surface area contributed by atoms with Crippen molar-refractivity contribution in [1.29, 1.82) is 0 Å². The van der Waals surface area contributed by atoms with Crippen molar-refractivity contribution in [1.82, 2.24) is 14.5 Å². The Labute approximate surface area is 198 Å². The molecule has 1 saturated heterocycles. The average Bonchev–Trinajstić information content (AvgIpc) is 3.57. The zero-order chi connectivity index (χ0) is 20.7. The normalized spacial score (nSPS) is 18.7. The third kappa shape index (κ3) is 7.35. The Kier molecular flexibility index (Phi) is 10.3. The van der Waals surface area contributed by atoms with E-state index in [1.54, 1.807) is 35.6 Å². The number of nitrogens with zero attached hydrogens (tertiary/aromatic N) is 3. The van der Waals surface area contributed by atoms with Crippen LogP contribution in [0.25, 0.3) is 0 Å². The maximum atomic E-state index is 12.7. The number of ether oxygens (including phenoxy) is 1. The van der Waals surface area contributed by atoms with Crippen molar-refractivity contribution in [2.75, 3.05) is 53.5 Å². The number of hydrogen-bond acceptors (Lipinski definition) is 4. The third-order valence-corrected chi connectivity index (χ3v) is 7.61. The summed E-state index contributed by atoms with van der Waals surface area (Å²) in [6.07, 6.45) is 4.32. The maximum Gasteiger partial charge on any atom is 0.243 e. The number of rotatable bonds is 9. The van der Waals surface area contributed by atoms with Gasteiger partial charge in [-0.05, 0) is 49.7 Å². The second-order valence-corrected chi connectivity index (χ2v) is 9.97. The fourth-order valence-electron chi connectivity index (χ4n) is 3.56. The van der Waals surface area contributed by atoms with Crippen molar-refractivity contribution in [3.63, 3.8) is 0 Å². The number of guanidine groups is 1. The Morgan fingerprint density at radius 1 is 1.17 bits per heavy atom. The predicted molar refractivity (Wildman–Crippen MR) is 131 cm³/mol. The van der Waals surface area contributed by atoms with E-state index in [1.807, 2.05) is 13.1 Å². The molecule has 1 aliphatic carbocycles. The van der Waals surface area contributed by atoms with Gasteiger partial charge in [-0.3, -0.25) is 4.99 Å². The zero-order valence-corrected chi connectivity index (χ0v) is 21.1. The molecule has 1 aliphatic heterocycles. The fraction of sp³-hybridized carbons (Fsp3) is 0.667. The van der Waals surface area contributed by atoms with Crippen LogP contribution in [0.2, 0.25) is 0 Å². The molecule has 0 atom stereocenters. The van der Waals surface area contributed by atoms with E-state index >= 15 is 0 Å². The van der Waals surface area contributed by atoms with Crippen LogP contribution in [0.1, 0.15) is 25.7 Å². The zero-order valence-electron chi connectivity index (χ0n) is 18.0. The SMILES string of the molecule is CN=C(NCC1CCN(S(=O)(=O)c2ccccc2)CC1)N(C)CCOCC1CC1.I. The van der Waals surface area contributed by atoms with E-state index in [0.717, 1.165) is 44.4 Å². The summed E-state index contributed by atoms with van der Waals surface area (Å²) < 4.78 is 32.8. The summed E-state index contributed by atoms with van der Waals surface area (Å²) >= 11 is 0. The van der Waals surface area contributed by atoms with E-state index in [1.165, 1.54) is 12.8 Å². The molecular formula is C21H35IN4O3S. The highest BCUT2D eigenvalue weighted by atomic mass is 127. The van der Waals surface area contributed by atoms with Gasteiger partial charge in [0.2, 0.25) is 10.0 Å². The molecule has 0 bridgehead atoms. The molecule has 1 aromatic rings. The molecule has 0 spiro atoms. The molecule has 7 nitrogen and oxygen atoms in total. The lowest BCUT2D eigenvalue weighted by atomic mass is 9.98. The number of likely N-dealkylation sites (N-methyl/N-ethyl adjacent to an activating group) is 1. The van der Waals surface area contributed by atoms with Crippen LogP contribution in [-0.4, -0.2) is 77.1 Å². The molecule has 0 aromatic heterocycles. The van der Waals surface area contributed by atoms with Crippen LogP contribution >= 0.6 is 24.0 Å². The maximum absolute atomic E-state index is 12.7. The Morgan fingerprint density at radius 3 is 2.43 bits per heavy atom. The average molecular weight is 551 g/mol. The van der Waals surface area contributed by atoms with E-state index in [0.29, 0.717) is 30.5 Å². The first-order chi connectivity index (χ1) is 14.0. The Balaban J connectivity index is 0.00000320. The molecule has 2 aliphatic rings. The van der Waals surface area contributed by atoms with Gasteiger partial charge in [-0.1, -0.05) is 18.2 Å². The van der Waals surface area contributed by atoms with Crippen LogP contribution in [-0.2, 0) is 14.8 Å². The largest absolute Gasteiger partial charge is 0.379 e. The van der Waals surface area contributed by atoms with Gasteiger partial charge in [-0.25, -0.2) is 8.42 Å². The number of benzene rings is 1. The number of halogens is 1. The second kappa shape index (κ2) is 12.2. The smallest absolute Gasteiger partial charge is 0.243 e. The summed E-state index contributed by atoms with van der Waals surface area (Å²) in [5.74, 6) is 2.09. The number of nitrogens with one attached hydrogen (secondary N) is 1. The minimum absolute atomic E-state index is 0. The Bertz CT molecular complexity index is 764. The molecule has 170 valence electrons. The summed E-state index contributed by atoms with van der Waals surface area (Å²) in [6, 6.07) is 8.69.